The van der Waals surface area contributed by atoms with Gasteiger partial charge in [0.1, 0.15) is 17.5 Å². The van der Waals surface area contributed by atoms with E-state index in [1.54, 1.807) is 11.1 Å². The average Bonchev–Trinajstić information content (AvgIpc) is 3.13. The van der Waals surface area contributed by atoms with E-state index in [9.17, 15) is 13.6 Å². The standard InChI is InChI=1S/C20H18F2N6O/c1-2-18-24-8-11-9-28(10-17(11)25-18)20(29)27-19-15(23)5-6-16(26-19)13-4-3-12(21)7-14(13)22/h3-8H,2,9-10,23H2,1H3,(H,26,27,29). The average molecular weight is 396 g/mol. The number of fused-ring (bicyclic) bond motifs is 1. The van der Waals surface area contributed by atoms with Crippen molar-refractivity contribution >= 4 is 17.5 Å². The number of aromatic nitrogens is 3. The molecule has 0 fully saturated rings. The molecule has 4 rings (SSSR count). The second-order valence-electron chi connectivity index (χ2n) is 6.66. The molecular weight excluding hydrogens is 378 g/mol. The number of carbonyl (C=O) groups excluding carboxylic acids is 1. The molecule has 7 nitrogen and oxygen atoms in total. The van der Waals surface area contributed by atoms with E-state index in [2.05, 4.69) is 20.3 Å². The number of nitrogens with two attached hydrogens (primary N) is 1. The van der Waals surface area contributed by atoms with Crippen LogP contribution in [-0.4, -0.2) is 25.9 Å². The fourth-order valence-electron chi connectivity index (χ4n) is 3.11. The summed E-state index contributed by atoms with van der Waals surface area (Å²) >= 11 is 0. The highest BCUT2D eigenvalue weighted by atomic mass is 19.1. The largest absolute Gasteiger partial charge is 0.396 e. The summed E-state index contributed by atoms with van der Waals surface area (Å²) in [6.07, 6.45) is 2.45. The Morgan fingerprint density at radius 1 is 1.21 bits per heavy atom. The molecule has 0 bridgehead atoms. The third kappa shape index (κ3) is 3.71. The fraction of sp³-hybridized carbons (Fsp3) is 0.200. The van der Waals surface area contributed by atoms with Crippen molar-refractivity contribution in [2.45, 2.75) is 26.4 Å². The maximum absolute atomic E-state index is 14.1. The van der Waals surface area contributed by atoms with Crippen molar-refractivity contribution in [3.05, 3.63) is 65.2 Å². The Kier molecular flexibility index (Phi) is 4.79. The molecular formula is C20H18F2N6O. The number of amides is 2. The van der Waals surface area contributed by atoms with E-state index in [4.69, 9.17) is 5.73 Å². The van der Waals surface area contributed by atoms with Crippen LogP contribution in [0.15, 0.2) is 36.5 Å². The van der Waals surface area contributed by atoms with Crippen molar-refractivity contribution in [1.29, 1.82) is 0 Å². The monoisotopic (exact) mass is 396 g/mol. The number of nitrogens with one attached hydrogen (secondary N) is 1. The van der Waals surface area contributed by atoms with Crippen LogP contribution in [0.1, 0.15) is 24.0 Å². The highest BCUT2D eigenvalue weighted by Gasteiger charge is 2.26. The normalized spacial score (nSPS) is 12.7. The molecule has 0 atom stereocenters. The number of hydrogen-bond acceptors (Lipinski definition) is 5. The summed E-state index contributed by atoms with van der Waals surface area (Å²) in [5.74, 6) is -0.601. The van der Waals surface area contributed by atoms with Crippen molar-refractivity contribution in [2.75, 3.05) is 11.1 Å². The fourth-order valence-corrected chi connectivity index (χ4v) is 3.11. The lowest BCUT2D eigenvalue weighted by Crippen LogP contribution is -2.31. The number of nitrogen functional groups attached to an aromatic ring is 1. The Labute approximate surface area is 165 Å². The zero-order valence-electron chi connectivity index (χ0n) is 15.6. The molecule has 2 amide bonds. The number of rotatable bonds is 3. The third-order valence-corrected chi connectivity index (χ3v) is 4.67. The lowest BCUT2D eigenvalue weighted by atomic mass is 10.1. The van der Waals surface area contributed by atoms with Gasteiger partial charge in [-0.05, 0) is 24.3 Å². The van der Waals surface area contributed by atoms with Gasteiger partial charge in [-0.2, -0.15) is 0 Å². The van der Waals surface area contributed by atoms with Gasteiger partial charge in [0.15, 0.2) is 5.82 Å². The van der Waals surface area contributed by atoms with E-state index < -0.39 is 17.7 Å². The number of hydrogen-bond donors (Lipinski definition) is 2. The summed E-state index contributed by atoms with van der Waals surface area (Å²) in [7, 11) is 0. The van der Waals surface area contributed by atoms with Crippen LogP contribution < -0.4 is 11.1 Å². The summed E-state index contributed by atoms with van der Waals surface area (Å²) < 4.78 is 27.2. The summed E-state index contributed by atoms with van der Waals surface area (Å²) in [5, 5.41) is 2.66. The first-order valence-electron chi connectivity index (χ1n) is 9.06. The van der Waals surface area contributed by atoms with Gasteiger partial charge >= 0.3 is 6.03 Å². The molecule has 29 heavy (non-hydrogen) atoms. The van der Waals surface area contributed by atoms with Crippen LogP contribution in [0.25, 0.3) is 11.3 Å². The van der Waals surface area contributed by atoms with Gasteiger partial charge in [0.2, 0.25) is 0 Å². The highest BCUT2D eigenvalue weighted by Crippen LogP contribution is 2.27. The van der Waals surface area contributed by atoms with E-state index in [-0.39, 0.29) is 22.8 Å². The topological polar surface area (TPSA) is 97.0 Å². The Hall–Kier alpha value is -3.62. The number of benzene rings is 1. The molecule has 0 aliphatic carbocycles. The van der Waals surface area contributed by atoms with E-state index >= 15 is 0 Å². The minimum Gasteiger partial charge on any atom is -0.396 e. The van der Waals surface area contributed by atoms with Crippen LogP contribution >= 0.6 is 0 Å². The lowest BCUT2D eigenvalue weighted by Gasteiger charge is -2.17. The smallest absolute Gasteiger partial charge is 0.323 e. The minimum atomic E-state index is -0.750. The van der Waals surface area contributed by atoms with Crippen molar-refractivity contribution in [1.82, 2.24) is 19.9 Å². The van der Waals surface area contributed by atoms with Crippen molar-refractivity contribution < 1.29 is 13.6 Å². The Balaban J connectivity index is 1.54. The van der Waals surface area contributed by atoms with Crippen molar-refractivity contribution in [3.63, 3.8) is 0 Å². The van der Waals surface area contributed by atoms with Crippen LogP contribution in [0.5, 0.6) is 0 Å². The molecule has 3 heterocycles. The van der Waals surface area contributed by atoms with Crippen LogP contribution in [0.4, 0.5) is 25.1 Å². The van der Waals surface area contributed by atoms with E-state index in [0.717, 1.165) is 29.2 Å². The summed E-state index contributed by atoms with van der Waals surface area (Å²) in [5.41, 5.74) is 8.20. The van der Waals surface area contributed by atoms with Gasteiger partial charge in [-0.15, -0.1) is 0 Å². The molecule has 0 radical (unpaired) electrons. The van der Waals surface area contributed by atoms with Gasteiger partial charge in [-0.3, -0.25) is 5.32 Å². The Bertz CT molecular complexity index is 1100. The molecule has 0 unspecified atom stereocenters. The number of aryl methyl sites for hydroxylation is 1. The number of urea groups is 1. The second kappa shape index (κ2) is 7.42. The van der Waals surface area contributed by atoms with Gasteiger partial charge < -0.3 is 10.6 Å². The molecule has 0 saturated heterocycles. The number of nitrogens with zero attached hydrogens (tertiary/aromatic N) is 4. The predicted molar refractivity (Wildman–Crippen MR) is 104 cm³/mol. The van der Waals surface area contributed by atoms with Gasteiger partial charge in [-0.1, -0.05) is 6.92 Å². The highest BCUT2D eigenvalue weighted by molar-refractivity contribution is 5.92. The molecule has 3 N–H and O–H groups in total. The van der Waals surface area contributed by atoms with Crippen molar-refractivity contribution in [3.8, 4) is 11.3 Å². The first-order valence-corrected chi connectivity index (χ1v) is 9.06. The third-order valence-electron chi connectivity index (χ3n) is 4.67. The summed E-state index contributed by atoms with van der Waals surface area (Å²) in [6, 6.07) is 5.82. The van der Waals surface area contributed by atoms with Gasteiger partial charge in [0.05, 0.1) is 30.2 Å². The summed E-state index contributed by atoms with van der Waals surface area (Å²) in [6.45, 7) is 2.69. The van der Waals surface area contributed by atoms with Gasteiger partial charge in [0, 0.05) is 29.8 Å². The minimum absolute atomic E-state index is 0.104. The molecule has 2 aromatic heterocycles. The molecule has 148 valence electrons. The van der Waals surface area contributed by atoms with Crippen molar-refractivity contribution in [2.24, 2.45) is 0 Å². The predicted octanol–water partition coefficient (Wildman–Crippen LogP) is 3.51. The maximum Gasteiger partial charge on any atom is 0.323 e. The van der Waals surface area contributed by atoms with Gasteiger partial charge in [0.25, 0.3) is 0 Å². The van der Waals surface area contributed by atoms with E-state index in [1.807, 2.05) is 6.92 Å². The maximum atomic E-state index is 14.1. The number of halogens is 2. The number of pyridine rings is 1. The molecule has 0 spiro atoms. The van der Waals surface area contributed by atoms with Crippen LogP contribution in [-0.2, 0) is 19.5 Å². The molecule has 9 heteroatoms. The summed E-state index contributed by atoms with van der Waals surface area (Å²) in [4.78, 5) is 27.2. The van der Waals surface area contributed by atoms with Crippen LogP contribution in [0.2, 0.25) is 0 Å². The number of carbonyl (C=O) groups is 1. The zero-order chi connectivity index (χ0) is 20.5. The SMILES string of the molecule is CCc1ncc2c(n1)CN(C(=O)Nc1nc(-c3ccc(F)cc3F)ccc1N)C2. The van der Waals surface area contributed by atoms with E-state index in [1.165, 1.54) is 18.2 Å². The molecule has 3 aromatic rings. The zero-order valence-corrected chi connectivity index (χ0v) is 15.6. The second-order valence-corrected chi connectivity index (χ2v) is 6.66. The quantitative estimate of drug-likeness (QED) is 0.706. The molecule has 0 saturated carbocycles. The van der Waals surface area contributed by atoms with Gasteiger partial charge in [-0.25, -0.2) is 28.5 Å². The number of anilines is 2. The molecule has 1 aromatic carbocycles. The molecule has 1 aliphatic heterocycles. The first kappa shape index (κ1) is 18.7. The van der Waals surface area contributed by atoms with Crippen LogP contribution in [0, 0.1) is 11.6 Å². The Morgan fingerprint density at radius 3 is 2.79 bits per heavy atom. The van der Waals surface area contributed by atoms with E-state index in [0.29, 0.717) is 19.5 Å². The first-order chi connectivity index (χ1) is 13.9. The molecule has 1 aliphatic rings. The van der Waals surface area contributed by atoms with Crippen LogP contribution in [0.3, 0.4) is 0 Å². The Morgan fingerprint density at radius 2 is 2.03 bits per heavy atom. The lowest BCUT2D eigenvalue weighted by molar-refractivity contribution is 0.212.